The van der Waals surface area contributed by atoms with Gasteiger partial charge in [-0.2, -0.15) is 0 Å². The predicted octanol–water partition coefficient (Wildman–Crippen LogP) is 3.49. The second-order valence-electron chi connectivity index (χ2n) is 4.45. The van der Waals surface area contributed by atoms with Crippen LogP contribution in [0.2, 0.25) is 0 Å². The summed E-state index contributed by atoms with van der Waals surface area (Å²) < 4.78 is 5.31. The highest BCUT2D eigenvalue weighted by atomic mass is 16.4. The summed E-state index contributed by atoms with van der Waals surface area (Å²) in [7, 11) is 0. The summed E-state index contributed by atoms with van der Waals surface area (Å²) in [5.41, 5.74) is 0.593. The number of aromatic nitrogens is 1. The van der Waals surface area contributed by atoms with Crippen molar-refractivity contribution in [2.45, 2.75) is 0 Å². The molecule has 0 amide bonds. The molecule has 2 heterocycles. The minimum atomic E-state index is -0.389. The molecule has 0 aliphatic rings. The van der Waals surface area contributed by atoms with Crippen LogP contribution < -0.4 is 5.63 Å². The highest BCUT2D eigenvalue weighted by molar-refractivity contribution is 6.16. The number of hydrogen-bond acceptors (Lipinski definition) is 3. The molecule has 2 aromatic heterocycles. The molecule has 0 unspecified atom stereocenters. The van der Waals surface area contributed by atoms with Gasteiger partial charge in [0, 0.05) is 22.4 Å². The van der Waals surface area contributed by atoms with Crippen molar-refractivity contribution < 1.29 is 4.42 Å². The van der Waals surface area contributed by atoms with Crippen LogP contribution in [0.25, 0.3) is 32.6 Å². The molecule has 3 nitrogen and oxygen atoms in total. The van der Waals surface area contributed by atoms with Gasteiger partial charge in [-0.25, -0.2) is 9.78 Å². The van der Waals surface area contributed by atoms with Crippen LogP contribution in [-0.4, -0.2) is 4.98 Å². The lowest BCUT2D eigenvalue weighted by Crippen LogP contribution is -2.02. The van der Waals surface area contributed by atoms with Gasteiger partial charge >= 0.3 is 5.63 Å². The van der Waals surface area contributed by atoms with Crippen LogP contribution in [0.3, 0.4) is 0 Å². The Hall–Kier alpha value is -2.68. The number of fused-ring (bicyclic) bond motifs is 5. The number of para-hydroxylation sites is 1. The van der Waals surface area contributed by atoms with E-state index in [2.05, 4.69) is 4.98 Å². The maximum absolute atomic E-state index is 12.0. The van der Waals surface area contributed by atoms with E-state index in [0.29, 0.717) is 11.1 Å². The Morgan fingerprint density at radius 2 is 1.63 bits per heavy atom. The minimum absolute atomic E-state index is 0.386. The molecule has 4 rings (SSSR count). The first-order valence-electron chi connectivity index (χ1n) is 6.04. The second-order valence-corrected chi connectivity index (χ2v) is 4.45. The Morgan fingerprint density at radius 3 is 2.53 bits per heavy atom. The lowest BCUT2D eigenvalue weighted by Gasteiger charge is -2.05. The second kappa shape index (κ2) is 3.65. The normalized spacial score (nSPS) is 11.4. The maximum atomic E-state index is 12.0. The topological polar surface area (TPSA) is 43.1 Å². The van der Waals surface area contributed by atoms with E-state index in [1.807, 2.05) is 42.5 Å². The standard InChI is InChI=1S/C16H9NO2/c18-16-15-14(12-7-3-4-8-13(12)19-16)11-6-2-1-5-10(11)9-17-15/h1-9H. The first-order valence-corrected chi connectivity index (χ1v) is 6.04. The van der Waals surface area contributed by atoms with Crippen LogP contribution in [0.15, 0.2) is 63.9 Å². The zero-order valence-electron chi connectivity index (χ0n) is 9.96. The van der Waals surface area contributed by atoms with Gasteiger partial charge in [-0.1, -0.05) is 42.5 Å². The molecule has 0 atom stereocenters. The number of nitrogens with zero attached hydrogens (tertiary/aromatic N) is 1. The van der Waals surface area contributed by atoms with Gasteiger partial charge in [0.05, 0.1) is 0 Å². The van der Waals surface area contributed by atoms with Gasteiger partial charge in [-0.3, -0.25) is 0 Å². The van der Waals surface area contributed by atoms with Crippen molar-refractivity contribution in [1.82, 2.24) is 4.98 Å². The van der Waals surface area contributed by atoms with Crippen molar-refractivity contribution in [3.05, 3.63) is 65.1 Å². The molecule has 3 heteroatoms. The Kier molecular flexibility index (Phi) is 1.97. The molecule has 0 spiro atoms. The highest BCUT2D eigenvalue weighted by Gasteiger charge is 2.10. The Morgan fingerprint density at radius 1 is 0.895 bits per heavy atom. The van der Waals surface area contributed by atoms with E-state index in [1.165, 1.54) is 0 Å². The van der Waals surface area contributed by atoms with Gasteiger partial charge in [-0.15, -0.1) is 0 Å². The van der Waals surface area contributed by atoms with Crippen LogP contribution in [-0.2, 0) is 0 Å². The number of rotatable bonds is 0. The third-order valence-corrected chi connectivity index (χ3v) is 3.35. The molecule has 4 aromatic rings. The largest absolute Gasteiger partial charge is 0.421 e. The lowest BCUT2D eigenvalue weighted by molar-refractivity contribution is 0.568. The van der Waals surface area contributed by atoms with Crippen molar-refractivity contribution in [2.75, 3.05) is 0 Å². The molecule has 90 valence electrons. The quantitative estimate of drug-likeness (QED) is 0.353. The Labute approximate surface area is 108 Å². The van der Waals surface area contributed by atoms with Crippen molar-refractivity contribution in [3.8, 4) is 0 Å². The molecule has 19 heavy (non-hydrogen) atoms. The summed E-state index contributed by atoms with van der Waals surface area (Å²) >= 11 is 0. The van der Waals surface area contributed by atoms with Gasteiger partial charge in [0.15, 0.2) is 5.52 Å². The summed E-state index contributed by atoms with van der Waals surface area (Å²) in [6, 6.07) is 15.5. The van der Waals surface area contributed by atoms with Crippen molar-refractivity contribution in [3.63, 3.8) is 0 Å². The fraction of sp³-hybridized carbons (Fsp3) is 0. The maximum Gasteiger partial charge on any atom is 0.363 e. The van der Waals surface area contributed by atoms with E-state index in [0.717, 1.165) is 21.5 Å². The first kappa shape index (κ1) is 10.3. The van der Waals surface area contributed by atoms with E-state index in [9.17, 15) is 4.79 Å². The van der Waals surface area contributed by atoms with Gasteiger partial charge in [0.1, 0.15) is 5.58 Å². The lowest BCUT2D eigenvalue weighted by atomic mass is 10.0. The number of pyridine rings is 1. The summed E-state index contributed by atoms with van der Waals surface area (Å²) in [5.74, 6) is 0. The summed E-state index contributed by atoms with van der Waals surface area (Å²) in [5, 5.41) is 3.83. The van der Waals surface area contributed by atoms with E-state index in [4.69, 9.17) is 4.42 Å². The summed E-state index contributed by atoms with van der Waals surface area (Å²) in [6.07, 6.45) is 1.71. The average molecular weight is 247 g/mol. The molecule has 0 aliphatic heterocycles. The molecular weight excluding hydrogens is 238 g/mol. The third kappa shape index (κ3) is 1.38. The highest BCUT2D eigenvalue weighted by Crippen LogP contribution is 2.28. The predicted molar refractivity (Wildman–Crippen MR) is 75.3 cm³/mol. The van der Waals surface area contributed by atoms with E-state index in [-0.39, 0.29) is 5.63 Å². The van der Waals surface area contributed by atoms with E-state index < -0.39 is 0 Å². The zero-order valence-corrected chi connectivity index (χ0v) is 9.96. The van der Waals surface area contributed by atoms with Gasteiger partial charge in [-0.05, 0) is 11.5 Å². The average Bonchev–Trinajstić information content (AvgIpc) is 2.47. The molecule has 0 bridgehead atoms. The zero-order chi connectivity index (χ0) is 12.8. The monoisotopic (exact) mass is 247 g/mol. The molecule has 0 saturated heterocycles. The molecule has 0 fully saturated rings. The molecule has 0 saturated carbocycles. The minimum Gasteiger partial charge on any atom is -0.421 e. The smallest absolute Gasteiger partial charge is 0.363 e. The van der Waals surface area contributed by atoms with Crippen LogP contribution in [0.1, 0.15) is 0 Å². The SMILES string of the molecule is O=c1oc2ccccc2c2c1ncc1ccccc12. The van der Waals surface area contributed by atoms with Crippen molar-refractivity contribution >= 4 is 32.6 Å². The van der Waals surface area contributed by atoms with E-state index in [1.54, 1.807) is 12.3 Å². The van der Waals surface area contributed by atoms with Gasteiger partial charge in [0.25, 0.3) is 0 Å². The number of benzene rings is 2. The van der Waals surface area contributed by atoms with Crippen molar-refractivity contribution in [1.29, 1.82) is 0 Å². The Bertz CT molecular complexity index is 970. The molecule has 2 aromatic carbocycles. The fourth-order valence-corrected chi connectivity index (χ4v) is 2.50. The molecular formula is C16H9NO2. The fourth-order valence-electron chi connectivity index (χ4n) is 2.50. The first-order chi connectivity index (χ1) is 9.34. The van der Waals surface area contributed by atoms with Gasteiger partial charge < -0.3 is 4.42 Å². The third-order valence-electron chi connectivity index (χ3n) is 3.35. The summed E-state index contributed by atoms with van der Waals surface area (Å²) in [4.78, 5) is 16.3. The van der Waals surface area contributed by atoms with E-state index >= 15 is 0 Å². The number of hydrogen-bond donors (Lipinski definition) is 0. The van der Waals surface area contributed by atoms with Crippen LogP contribution >= 0.6 is 0 Å². The summed E-state index contributed by atoms with van der Waals surface area (Å²) in [6.45, 7) is 0. The Balaban J connectivity index is 2.44. The molecule has 0 aliphatic carbocycles. The van der Waals surface area contributed by atoms with Crippen molar-refractivity contribution in [2.24, 2.45) is 0 Å². The molecule has 0 N–H and O–H groups in total. The van der Waals surface area contributed by atoms with Crippen LogP contribution in [0.4, 0.5) is 0 Å². The van der Waals surface area contributed by atoms with Gasteiger partial charge in [0.2, 0.25) is 0 Å². The van der Waals surface area contributed by atoms with Crippen LogP contribution in [0, 0.1) is 0 Å². The van der Waals surface area contributed by atoms with Crippen LogP contribution in [0.5, 0.6) is 0 Å². The molecule has 0 radical (unpaired) electrons.